The minimum atomic E-state index is -2.38. The summed E-state index contributed by atoms with van der Waals surface area (Å²) in [5.74, 6) is 0. The zero-order valence-electron chi connectivity index (χ0n) is 12.8. The second kappa shape index (κ2) is 7.71. The van der Waals surface area contributed by atoms with Gasteiger partial charge in [0.1, 0.15) is 6.61 Å². The average Bonchev–Trinajstić information content (AvgIpc) is 2.92. The van der Waals surface area contributed by atoms with Gasteiger partial charge in [0.2, 0.25) is 0 Å². The minimum absolute atomic E-state index is 0.369. The van der Waals surface area contributed by atoms with Crippen LogP contribution < -0.4 is 4.90 Å². The summed E-state index contributed by atoms with van der Waals surface area (Å²) in [6, 6.07) is 8.90. The molecular formula is C16H24F2N2O. The van der Waals surface area contributed by atoms with Gasteiger partial charge in [-0.15, -0.1) is 0 Å². The number of ether oxygens (including phenoxy) is 1. The Morgan fingerprint density at radius 1 is 1.38 bits per heavy atom. The first-order valence-electron chi connectivity index (χ1n) is 7.45. The standard InChI is InChI=1S/C16H24F2N2O/c1-19(2)14-6-3-5-13(11-14)15-7-4-8-20(15)9-10-21-12-16(17)18/h3,5-6,11,15-16H,4,7-10,12H2,1-2H3/t15-/m0/s1. The summed E-state index contributed by atoms with van der Waals surface area (Å²) in [4.78, 5) is 4.43. The fraction of sp³-hybridized carbons (Fsp3) is 0.625. The Morgan fingerprint density at radius 2 is 2.19 bits per heavy atom. The van der Waals surface area contributed by atoms with Crippen LogP contribution in [0.3, 0.4) is 0 Å². The number of anilines is 1. The van der Waals surface area contributed by atoms with Crippen LogP contribution in [0.2, 0.25) is 0 Å². The second-order valence-electron chi connectivity index (χ2n) is 5.65. The van der Waals surface area contributed by atoms with Gasteiger partial charge in [0.05, 0.1) is 6.61 Å². The predicted molar refractivity (Wildman–Crippen MR) is 81.1 cm³/mol. The van der Waals surface area contributed by atoms with Crippen LogP contribution in [-0.4, -0.2) is 51.7 Å². The number of rotatable bonds is 7. The minimum Gasteiger partial charge on any atom is -0.378 e. The maximum absolute atomic E-state index is 12.1. The topological polar surface area (TPSA) is 15.7 Å². The molecule has 1 heterocycles. The quantitative estimate of drug-likeness (QED) is 0.719. The van der Waals surface area contributed by atoms with Gasteiger partial charge in [-0.3, -0.25) is 4.90 Å². The number of nitrogens with zero attached hydrogens (tertiary/aromatic N) is 2. The van der Waals surface area contributed by atoms with Crippen LogP contribution in [0, 0.1) is 0 Å². The highest BCUT2D eigenvalue weighted by Gasteiger charge is 2.25. The Bertz CT molecular complexity index is 440. The molecule has 1 fully saturated rings. The van der Waals surface area contributed by atoms with Crippen LogP contribution in [0.4, 0.5) is 14.5 Å². The van der Waals surface area contributed by atoms with Gasteiger partial charge < -0.3 is 9.64 Å². The third-order valence-corrected chi connectivity index (χ3v) is 3.90. The number of likely N-dealkylation sites (tertiary alicyclic amines) is 1. The van der Waals surface area contributed by atoms with E-state index in [-0.39, 0.29) is 0 Å². The molecule has 0 aliphatic carbocycles. The molecule has 0 saturated carbocycles. The monoisotopic (exact) mass is 298 g/mol. The van der Waals surface area contributed by atoms with Crippen LogP contribution in [0.15, 0.2) is 24.3 Å². The van der Waals surface area contributed by atoms with Crippen molar-refractivity contribution in [3.63, 3.8) is 0 Å². The van der Waals surface area contributed by atoms with Crippen molar-refractivity contribution in [1.82, 2.24) is 4.90 Å². The lowest BCUT2D eigenvalue weighted by Gasteiger charge is -2.25. The lowest BCUT2D eigenvalue weighted by Crippen LogP contribution is -2.28. The fourth-order valence-corrected chi connectivity index (χ4v) is 2.84. The summed E-state index contributed by atoms with van der Waals surface area (Å²) in [5, 5.41) is 0. The van der Waals surface area contributed by atoms with Gasteiger partial charge in [0.25, 0.3) is 6.43 Å². The molecule has 5 heteroatoms. The van der Waals surface area contributed by atoms with Crippen molar-refractivity contribution in [3.05, 3.63) is 29.8 Å². The second-order valence-corrected chi connectivity index (χ2v) is 5.65. The molecule has 118 valence electrons. The Kier molecular flexibility index (Phi) is 5.94. The SMILES string of the molecule is CN(C)c1cccc([C@@H]2CCCN2CCOCC(F)F)c1. The third kappa shape index (κ3) is 4.64. The van der Waals surface area contributed by atoms with E-state index in [2.05, 4.69) is 34.1 Å². The van der Waals surface area contributed by atoms with E-state index in [1.807, 2.05) is 14.1 Å². The summed E-state index contributed by atoms with van der Waals surface area (Å²) in [6.45, 7) is 1.63. The smallest absolute Gasteiger partial charge is 0.261 e. The molecule has 1 aliphatic rings. The van der Waals surface area contributed by atoms with Crippen molar-refractivity contribution in [1.29, 1.82) is 0 Å². The normalized spacial score (nSPS) is 19.4. The van der Waals surface area contributed by atoms with Crippen LogP contribution in [0.5, 0.6) is 0 Å². The van der Waals surface area contributed by atoms with Gasteiger partial charge in [-0.2, -0.15) is 0 Å². The Morgan fingerprint density at radius 3 is 2.90 bits per heavy atom. The molecule has 0 unspecified atom stereocenters. The summed E-state index contributed by atoms with van der Waals surface area (Å²) in [6.07, 6.45) is -0.117. The zero-order valence-corrected chi connectivity index (χ0v) is 12.8. The maximum atomic E-state index is 12.1. The van der Waals surface area contributed by atoms with Crippen molar-refractivity contribution in [3.8, 4) is 0 Å². The first-order valence-corrected chi connectivity index (χ1v) is 7.45. The highest BCUT2D eigenvalue weighted by molar-refractivity contribution is 5.48. The Balaban J connectivity index is 1.93. The number of benzene rings is 1. The molecule has 1 saturated heterocycles. The molecule has 1 aromatic rings. The molecule has 0 amide bonds. The molecule has 0 bridgehead atoms. The number of alkyl halides is 2. The van der Waals surface area contributed by atoms with Crippen molar-refractivity contribution < 1.29 is 13.5 Å². The van der Waals surface area contributed by atoms with E-state index in [1.54, 1.807) is 0 Å². The van der Waals surface area contributed by atoms with E-state index >= 15 is 0 Å². The third-order valence-electron chi connectivity index (χ3n) is 3.90. The summed E-state index contributed by atoms with van der Waals surface area (Å²) in [7, 11) is 4.06. The molecule has 0 spiro atoms. The molecule has 2 rings (SSSR count). The zero-order chi connectivity index (χ0) is 15.2. The number of hydrogen-bond donors (Lipinski definition) is 0. The Hall–Kier alpha value is -1.20. The van der Waals surface area contributed by atoms with Crippen molar-refractivity contribution in [2.45, 2.75) is 25.3 Å². The van der Waals surface area contributed by atoms with Gasteiger partial charge >= 0.3 is 0 Å². The average molecular weight is 298 g/mol. The maximum Gasteiger partial charge on any atom is 0.261 e. The molecule has 0 N–H and O–H groups in total. The van der Waals surface area contributed by atoms with Gasteiger partial charge in [0, 0.05) is 32.4 Å². The predicted octanol–water partition coefficient (Wildman–Crippen LogP) is 3.17. The summed E-state index contributed by atoms with van der Waals surface area (Å²) in [5.41, 5.74) is 2.49. The first kappa shape index (κ1) is 16.2. The number of halogens is 2. The van der Waals surface area contributed by atoms with E-state index < -0.39 is 13.0 Å². The van der Waals surface area contributed by atoms with E-state index in [9.17, 15) is 8.78 Å². The lowest BCUT2D eigenvalue weighted by molar-refractivity contribution is 0.00868. The molecular weight excluding hydrogens is 274 g/mol. The molecule has 21 heavy (non-hydrogen) atoms. The Labute approximate surface area is 125 Å². The summed E-state index contributed by atoms with van der Waals surface area (Å²) >= 11 is 0. The first-order chi connectivity index (χ1) is 10.1. The van der Waals surface area contributed by atoms with E-state index in [4.69, 9.17) is 4.74 Å². The van der Waals surface area contributed by atoms with Crippen molar-refractivity contribution >= 4 is 5.69 Å². The van der Waals surface area contributed by atoms with Crippen molar-refractivity contribution in [2.75, 3.05) is 45.3 Å². The molecule has 1 aliphatic heterocycles. The number of hydrogen-bond acceptors (Lipinski definition) is 3. The highest BCUT2D eigenvalue weighted by atomic mass is 19.3. The van der Waals surface area contributed by atoms with Gasteiger partial charge in [-0.05, 0) is 37.1 Å². The van der Waals surface area contributed by atoms with Crippen molar-refractivity contribution in [2.24, 2.45) is 0 Å². The molecule has 0 aromatic heterocycles. The lowest BCUT2D eigenvalue weighted by atomic mass is 10.0. The van der Waals surface area contributed by atoms with Crippen LogP contribution in [0.25, 0.3) is 0 Å². The fourth-order valence-electron chi connectivity index (χ4n) is 2.84. The largest absolute Gasteiger partial charge is 0.378 e. The van der Waals surface area contributed by atoms with Gasteiger partial charge in [0.15, 0.2) is 0 Å². The molecule has 1 atom stereocenters. The highest BCUT2D eigenvalue weighted by Crippen LogP contribution is 2.33. The van der Waals surface area contributed by atoms with Crippen LogP contribution >= 0.6 is 0 Å². The molecule has 3 nitrogen and oxygen atoms in total. The van der Waals surface area contributed by atoms with Crippen LogP contribution in [-0.2, 0) is 4.74 Å². The summed E-state index contributed by atoms with van der Waals surface area (Å²) < 4.78 is 29.1. The van der Waals surface area contributed by atoms with E-state index in [0.29, 0.717) is 19.2 Å². The van der Waals surface area contributed by atoms with E-state index in [1.165, 1.54) is 11.3 Å². The van der Waals surface area contributed by atoms with Gasteiger partial charge in [-0.1, -0.05) is 12.1 Å². The van der Waals surface area contributed by atoms with Crippen LogP contribution in [0.1, 0.15) is 24.4 Å². The van der Waals surface area contributed by atoms with E-state index in [0.717, 1.165) is 19.4 Å². The van der Waals surface area contributed by atoms with Gasteiger partial charge in [-0.25, -0.2) is 8.78 Å². The molecule has 1 aromatic carbocycles. The molecule has 0 radical (unpaired) electrons.